The molecule has 0 bridgehead atoms. The lowest BCUT2D eigenvalue weighted by Gasteiger charge is -2.16. The number of nitrogens with zero attached hydrogens (tertiary/aromatic N) is 3. The number of hydrogen-bond acceptors (Lipinski definition) is 5. The van der Waals surface area contributed by atoms with Crippen molar-refractivity contribution in [2.24, 2.45) is 11.8 Å². The average Bonchev–Trinajstić information content (AvgIpc) is 2.88. The van der Waals surface area contributed by atoms with Crippen LogP contribution in [0.2, 0.25) is 0 Å². The third-order valence-corrected chi connectivity index (χ3v) is 3.68. The fourth-order valence-electron chi connectivity index (χ4n) is 2.54. The van der Waals surface area contributed by atoms with E-state index in [9.17, 15) is 0 Å². The van der Waals surface area contributed by atoms with Gasteiger partial charge in [0.2, 0.25) is 5.95 Å². The van der Waals surface area contributed by atoms with Gasteiger partial charge in [0.15, 0.2) is 0 Å². The number of aliphatic hydroxyl groups excluding tert-OH is 1. The molecule has 1 aliphatic heterocycles. The highest BCUT2D eigenvalue weighted by atomic mass is 16.3. The van der Waals surface area contributed by atoms with Gasteiger partial charge >= 0.3 is 0 Å². The summed E-state index contributed by atoms with van der Waals surface area (Å²) < 4.78 is 0. The van der Waals surface area contributed by atoms with E-state index in [4.69, 9.17) is 5.11 Å². The molecule has 0 radical (unpaired) electrons. The van der Waals surface area contributed by atoms with Crippen molar-refractivity contribution in [1.82, 2.24) is 15.3 Å². The Balaban J connectivity index is 1.82. The molecule has 5 heteroatoms. The van der Waals surface area contributed by atoms with Gasteiger partial charge in [-0.15, -0.1) is 0 Å². The molecule has 1 saturated heterocycles. The number of aromatic nitrogens is 2. The predicted molar refractivity (Wildman–Crippen MR) is 80.6 cm³/mol. The Morgan fingerprint density at radius 1 is 1.40 bits per heavy atom. The minimum absolute atomic E-state index is 0.278. The summed E-state index contributed by atoms with van der Waals surface area (Å²) in [6, 6.07) is 0. The van der Waals surface area contributed by atoms with Crippen molar-refractivity contribution < 1.29 is 5.11 Å². The summed E-state index contributed by atoms with van der Waals surface area (Å²) in [6.45, 7) is 8.47. The molecule has 5 nitrogen and oxygen atoms in total. The SMILES string of the molecule is CC(C)CNCc1cnc(N2CCC(CCO)C2)nc1. The minimum atomic E-state index is 0.278. The molecule has 1 aromatic rings. The van der Waals surface area contributed by atoms with Gasteiger partial charge < -0.3 is 15.3 Å². The van der Waals surface area contributed by atoms with Crippen LogP contribution in [0.25, 0.3) is 0 Å². The molecule has 1 aliphatic rings. The molecule has 1 aromatic heterocycles. The van der Waals surface area contributed by atoms with Gasteiger partial charge in [-0.25, -0.2) is 9.97 Å². The van der Waals surface area contributed by atoms with Gasteiger partial charge in [0.05, 0.1) is 0 Å². The van der Waals surface area contributed by atoms with Crippen molar-refractivity contribution in [1.29, 1.82) is 0 Å². The van der Waals surface area contributed by atoms with Crippen LogP contribution in [0.15, 0.2) is 12.4 Å². The van der Waals surface area contributed by atoms with Gasteiger partial charge in [-0.2, -0.15) is 0 Å². The lowest BCUT2D eigenvalue weighted by Crippen LogP contribution is -2.23. The van der Waals surface area contributed by atoms with Gasteiger partial charge in [0.25, 0.3) is 0 Å². The summed E-state index contributed by atoms with van der Waals surface area (Å²) in [4.78, 5) is 11.1. The molecule has 0 aromatic carbocycles. The van der Waals surface area contributed by atoms with E-state index in [1.807, 2.05) is 12.4 Å². The number of nitrogens with one attached hydrogen (secondary N) is 1. The van der Waals surface area contributed by atoms with E-state index < -0.39 is 0 Å². The van der Waals surface area contributed by atoms with E-state index in [0.717, 1.165) is 50.5 Å². The molecule has 2 N–H and O–H groups in total. The first-order valence-electron chi connectivity index (χ1n) is 7.56. The summed E-state index contributed by atoms with van der Waals surface area (Å²) in [5, 5.41) is 12.4. The van der Waals surface area contributed by atoms with Crippen molar-refractivity contribution in [3.63, 3.8) is 0 Å². The smallest absolute Gasteiger partial charge is 0.225 e. The topological polar surface area (TPSA) is 61.3 Å². The molecule has 0 amide bonds. The van der Waals surface area contributed by atoms with E-state index in [0.29, 0.717) is 11.8 Å². The Hall–Kier alpha value is -1.20. The van der Waals surface area contributed by atoms with Crippen molar-refractivity contribution in [2.75, 3.05) is 31.1 Å². The minimum Gasteiger partial charge on any atom is -0.396 e. The Bertz CT molecular complexity index is 393. The molecule has 0 spiro atoms. The first-order chi connectivity index (χ1) is 9.69. The molecular formula is C15H26N4O. The standard InChI is InChI=1S/C15H26N4O/c1-12(2)7-16-8-14-9-17-15(18-10-14)19-5-3-13(11-19)4-6-20/h9-10,12-13,16,20H,3-8,11H2,1-2H3. The molecule has 1 unspecified atom stereocenters. The highest BCUT2D eigenvalue weighted by Gasteiger charge is 2.23. The largest absolute Gasteiger partial charge is 0.396 e. The fraction of sp³-hybridized carbons (Fsp3) is 0.733. The molecule has 2 rings (SSSR count). The molecular weight excluding hydrogens is 252 g/mol. The second-order valence-electron chi connectivity index (χ2n) is 6.03. The van der Waals surface area contributed by atoms with Crippen LogP contribution in [-0.2, 0) is 6.54 Å². The lowest BCUT2D eigenvalue weighted by molar-refractivity contribution is 0.263. The lowest BCUT2D eigenvalue weighted by atomic mass is 10.1. The zero-order valence-electron chi connectivity index (χ0n) is 12.5. The van der Waals surface area contributed by atoms with Crippen molar-refractivity contribution >= 4 is 5.95 Å². The van der Waals surface area contributed by atoms with Crippen LogP contribution in [0.5, 0.6) is 0 Å². The molecule has 0 saturated carbocycles. The normalized spacial score (nSPS) is 19.0. The highest BCUT2D eigenvalue weighted by Crippen LogP contribution is 2.22. The first-order valence-corrected chi connectivity index (χ1v) is 7.56. The zero-order valence-corrected chi connectivity index (χ0v) is 12.5. The van der Waals surface area contributed by atoms with E-state index in [2.05, 4.69) is 34.0 Å². The van der Waals surface area contributed by atoms with E-state index >= 15 is 0 Å². The quantitative estimate of drug-likeness (QED) is 0.790. The highest BCUT2D eigenvalue weighted by molar-refractivity contribution is 5.31. The van der Waals surface area contributed by atoms with Crippen LogP contribution in [0, 0.1) is 11.8 Å². The van der Waals surface area contributed by atoms with Gasteiger partial charge in [-0.05, 0) is 31.2 Å². The predicted octanol–water partition coefficient (Wildman–Crippen LogP) is 1.43. The summed E-state index contributed by atoms with van der Waals surface area (Å²) in [6.07, 6.45) is 5.83. The van der Waals surface area contributed by atoms with Crippen LogP contribution >= 0.6 is 0 Å². The average molecular weight is 278 g/mol. The van der Waals surface area contributed by atoms with Crippen molar-refractivity contribution in [2.45, 2.75) is 33.2 Å². The molecule has 1 fully saturated rings. The van der Waals surface area contributed by atoms with Crippen LogP contribution in [0.4, 0.5) is 5.95 Å². The summed E-state index contributed by atoms with van der Waals surface area (Å²) in [5.41, 5.74) is 1.13. The van der Waals surface area contributed by atoms with Crippen molar-refractivity contribution in [3.05, 3.63) is 18.0 Å². The Kier molecular flexibility index (Phi) is 5.73. The Labute approximate surface area is 121 Å². The van der Waals surface area contributed by atoms with Crippen LogP contribution < -0.4 is 10.2 Å². The summed E-state index contributed by atoms with van der Waals surface area (Å²) in [5.74, 6) is 2.05. The van der Waals surface area contributed by atoms with Crippen LogP contribution in [-0.4, -0.2) is 41.3 Å². The number of anilines is 1. The number of rotatable bonds is 7. The third-order valence-electron chi connectivity index (χ3n) is 3.68. The number of hydrogen-bond donors (Lipinski definition) is 2. The fourth-order valence-corrected chi connectivity index (χ4v) is 2.54. The van der Waals surface area contributed by atoms with Crippen molar-refractivity contribution in [3.8, 4) is 0 Å². The Morgan fingerprint density at radius 3 is 2.80 bits per heavy atom. The monoisotopic (exact) mass is 278 g/mol. The first kappa shape index (κ1) is 15.2. The van der Waals surface area contributed by atoms with E-state index in [1.54, 1.807) is 0 Å². The van der Waals surface area contributed by atoms with Gasteiger partial charge in [0.1, 0.15) is 0 Å². The molecule has 1 atom stereocenters. The maximum Gasteiger partial charge on any atom is 0.225 e. The van der Waals surface area contributed by atoms with Gasteiger partial charge in [-0.3, -0.25) is 0 Å². The molecule has 2 heterocycles. The second kappa shape index (κ2) is 7.55. The molecule has 0 aliphatic carbocycles. The zero-order chi connectivity index (χ0) is 14.4. The molecule has 112 valence electrons. The summed E-state index contributed by atoms with van der Waals surface area (Å²) >= 11 is 0. The van der Waals surface area contributed by atoms with E-state index in [1.165, 1.54) is 0 Å². The Morgan fingerprint density at radius 2 is 2.15 bits per heavy atom. The summed E-state index contributed by atoms with van der Waals surface area (Å²) in [7, 11) is 0. The second-order valence-corrected chi connectivity index (χ2v) is 6.03. The maximum absolute atomic E-state index is 8.98. The molecule has 20 heavy (non-hydrogen) atoms. The van der Waals surface area contributed by atoms with Gasteiger partial charge in [-0.1, -0.05) is 13.8 Å². The van der Waals surface area contributed by atoms with Crippen LogP contribution in [0.1, 0.15) is 32.3 Å². The maximum atomic E-state index is 8.98. The van der Waals surface area contributed by atoms with Gasteiger partial charge in [0, 0.05) is 44.2 Å². The van der Waals surface area contributed by atoms with Crippen LogP contribution in [0.3, 0.4) is 0 Å². The van der Waals surface area contributed by atoms with E-state index in [-0.39, 0.29) is 6.61 Å². The number of aliphatic hydroxyl groups is 1. The third kappa shape index (κ3) is 4.42.